The van der Waals surface area contributed by atoms with Gasteiger partial charge in [0, 0.05) is 44.3 Å². The standard InChI is InChI=1S/C27H32N8O2/c1-5-19-15-35(23-12-26(37)32(4)24-16-33(10-9-28)31-27(23)24)20(6-2)14-34(19)17(3)18-7-8-21-22(11-18)29-13-25(36)30-21/h7-8,11-13,16-17,19-20H,5-6,10,14-15H2,1-4H3,(H,30,36)/t17-,19-,20+/m1/s1. The van der Waals surface area contributed by atoms with Gasteiger partial charge in [0.1, 0.15) is 12.1 Å². The predicted molar refractivity (Wildman–Crippen MR) is 144 cm³/mol. The Kier molecular flexibility index (Phi) is 6.56. The number of piperazine rings is 1. The van der Waals surface area contributed by atoms with Crippen molar-refractivity contribution in [2.45, 2.75) is 58.3 Å². The number of hydrogen-bond donors (Lipinski definition) is 1. The molecule has 0 bridgehead atoms. The number of anilines is 1. The van der Waals surface area contributed by atoms with Crippen molar-refractivity contribution in [2.75, 3.05) is 18.0 Å². The van der Waals surface area contributed by atoms with Crippen molar-refractivity contribution in [3.05, 3.63) is 62.9 Å². The first-order chi connectivity index (χ1) is 17.8. The van der Waals surface area contributed by atoms with Gasteiger partial charge in [-0.15, -0.1) is 0 Å². The number of hydrogen-bond acceptors (Lipinski definition) is 7. The van der Waals surface area contributed by atoms with Crippen LogP contribution in [0.2, 0.25) is 0 Å². The van der Waals surface area contributed by atoms with E-state index in [1.807, 2.05) is 6.07 Å². The zero-order chi connectivity index (χ0) is 26.3. The Morgan fingerprint density at radius 1 is 1.16 bits per heavy atom. The van der Waals surface area contributed by atoms with Crippen molar-refractivity contribution in [3.8, 4) is 6.07 Å². The topological polar surface area (TPSA) is 116 Å². The molecular formula is C27H32N8O2. The highest BCUT2D eigenvalue weighted by molar-refractivity contribution is 5.88. The van der Waals surface area contributed by atoms with Crippen LogP contribution in [0, 0.1) is 11.3 Å². The van der Waals surface area contributed by atoms with Crippen LogP contribution >= 0.6 is 0 Å². The summed E-state index contributed by atoms with van der Waals surface area (Å²) in [6.45, 7) is 8.34. The summed E-state index contributed by atoms with van der Waals surface area (Å²) in [5.74, 6) is 0. The maximum absolute atomic E-state index is 12.9. The molecule has 10 heteroatoms. The summed E-state index contributed by atoms with van der Waals surface area (Å²) in [4.78, 5) is 36.6. The van der Waals surface area contributed by atoms with Gasteiger partial charge in [-0.3, -0.25) is 19.2 Å². The molecule has 4 heterocycles. The van der Waals surface area contributed by atoms with Gasteiger partial charge in [0.2, 0.25) is 0 Å². The van der Waals surface area contributed by atoms with Gasteiger partial charge in [0.15, 0.2) is 0 Å². The van der Waals surface area contributed by atoms with Gasteiger partial charge in [0.05, 0.1) is 40.7 Å². The molecule has 1 saturated heterocycles. The molecular weight excluding hydrogens is 468 g/mol. The van der Waals surface area contributed by atoms with Gasteiger partial charge in [-0.1, -0.05) is 19.9 Å². The highest BCUT2D eigenvalue weighted by Crippen LogP contribution is 2.34. The van der Waals surface area contributed by atoms with Gasteiger partial charge in [0.25, 0.3) is 11.1 Å². The molecule has 37 heavy (non-hydrogen) atoms. The molecule has 0 radical (unpaired) electrons. The molecule has 4 aromatic rings. The third-order valence-corrected chi connectivity index (χ3v) is 7.74. The van der Waals surface area contributed by atoms with E-state index >= 15 is 0 Å². The minimum absolute atomic E-state index is 0.0839. The number of benzene rings is 1. The summed E-state index contributed by atoms with van der Waals surface area (Å²) in [6.07, 6.45) is 4.96. The third kappa shape index (κ3) is 4.40. The average molecular weight is 501 g/mol. The van der Waals surface area contributed by atoms with Crippen molar-refractivity contribution in [2.24, 2.45) is 7.05 Å². The number of pyridine rings is 1. The fraction of sp³-hybridized carbons (Fsp3) is 0.444. The number of H-pyrrole nitrogens is 1. The largest absolute Gasteiger partial charge is 0.364 e. The monoisotopic (exact) mass is 500 g/mol. The van der Waals surface area contributed by atoms with Crippen LogP contribution in [-0.2, 0) is 13.6 Å². The molecule has 3 aromatic heterocycles. The van der Waals surface area contributed by atoms with Gasteiger partial charge in [-0.2, -0.15) is 10.4 Å². The number of aryl methyl sites for hydroxylation is 1. The fourth-order valence-corrected chi connectivity index (χ4v) is 5.57. The summed E-state index contributed by atoms with van der Waals surface area (Å²) in [5, 5.41) is 13.8. The summed E-state index contributed by atoms with van der Waals surface area (Å²) in [7, 11) is 1.74. The number of aromatic nitrogens is 5. The zero-order valence-electron chi connectivity index (χ0n) is 21.7. The van der Waals surface area contributed by atoms with E-state index < -0.39 is 0 Å². The number of fused-ring (bicyclic) bond motifs is 2. The maximum atomic E-state index is 12.9. The van der Waals surface area contributed by atoms with E-state index in [4.69, 9.17) is 5.26 Å². The van der Waals surface area contributed by atoms with E-state index in [1.165, 1.54) is 6.20 Å². The lowest BCUT2D eigenvalue weighted by atomic mass is 9.96. The molecule has 0 saturated carbocycles. The first kappa shape index (κ1) is 24.7. The Morgan fingerprint density at radius 2 is 1.95 bits per heavy atom. The molecule has 1 aromatic carbocycles. The Labute approximate surface area is 214 Å². The van der Waals surface area contributed by atoms with Crippen LogP contribution in [0.5, 0.6) is 0 Å². The molecule has 0 spiro atoms. The normalized spacial score (nSPS) is 19.4. The Morgan fingerprint density at radius 3 is 2.68 bits per heavy atom. The van der Waals surface area contributed by atoms with Crippen LogP contribution in [0.3, 0.4) is 0 Å². The quantitative estimate of drug-likeness (QED) is 0.433. The molecule has 1 aliphatic heterocycles. The molecule has 0 aliphatic carbocycles. The highest BCUT2D eigenvalue weighted by atomic mass is 16.1. The van der Waals surface area contributed by atoms with E-state index in [1.54, 1.807) is 28.6 Å². The predicted octanol–water partition coefficient (Wildman–Crippen LogP) is 2.94. The Bertz CT molecular complexity index is 1610. The lowest BCUT2D eigenvalue weighted by molar-refractivity contribution is 0.101. The first-order valence-corrected chi connectivity index (χ1v) is 12.8. The van der Waals surface area contributed by atoms with Gasteiger partial charge in [-0.25, -0.2) is 4.98 Å². The van der Waals surface area contributed by atoms with Crippen LogP contribution in [0.25, 0.3) is 22.1 Å². The SMILES string of the molecule is CC[C@H]1CN([C@H](C)c2ccc3[nH]c(=O)cnc3c2)[C@H](CC)CN1c1cc(=O)n(C)c2cn(CC#N)nc12. The van der Waals surface area contributed by atoms with Crippen molar-refractivity contribution in [3.63, 3.8) is 0 Å². The van der Waals surface area contributed by atoms with E-state index in [0.29, 0.717) is 0 Å². The van der Waals surface area contributed by atoms with Crippen LogP contribution < -0.4 is 16.0 Å². The molecule has 5 rings (SSSR count). The van der Waals surface area contributed by atoms with Crippen molar-refractivity contribution in [1.29, 1.82) is 5.26 Å². The molecule has 0 amide bonds. The zero-order valence-corrected chi connectivity index (χ0v) is 21.7. The number of nitrogens with one attached hydrogen (secondary N) is 1. The fourth-order valence-electron chi connectivity index (χ4n) is 5.57. The number of rotatable bonds is 6. The van der Waals surface area contributed by atoms with E-state index in [0.717, 1.165) is 59.2 Å². The van der Waals surface area contributed by atoms with Crippen molar-refractivity contribution >= 4 is 27.8 Å². The summed E-state index contributed by atoms with van der Waals surface area (Å²) >= 11 is 0. The molecule has 192 valence electrons. The van der Waals surface area contributed by atoms with Crippen LogP contribution in [0.15, 0.2) is 46.2 Å². The maximum Gasteiger partial charge on any atom is 0.266 e. The van der Waals surface area contributed by atoms with Gasteiger partial charge < -0.3 is 14.5 Å². The first-order valence-electron chi connectivity index (χ1n) is 12.8. The van der Waals surface area contributed by atoms with Crippen LogP contribution in [0.4, 0.5) is 5.69 Å². The average Bonchev–Trinajstić information content (AvgIpc) is 3.33. The summed E-state index contributed by atoms with van der Waals surface area (Å²) < 4.78 is 3.20. The third-order valence-electron chi connectivity index (χ3n) is 7.74. The molecule has 0 unspecified atom stereocenters. The molecule has 1 fully saturated rings. The Hall–Kier alpha value is -3.97. The molecule has 1 N–H and O–H groups in total. The molecule has 10 nitrogen and oxygen atoms in total. The second kappa shape index (κ2) is 9.82. The Balaban J connectivity index is 1.50. The second-order valence-corrected chi connectivity index (χ2v) is 9.82. The van der Waals surface area contributed by atoms with Crippen molar-refractivity contribution < 1.29 is 0 Å². The minimum atomic E-state index is -0.205. The van der Waals surface area contributed by atoms with Gasteiger partial charge >= 0.3 is 0 Å². The second-order valence-electron chi connectivity index (χ2n) is 9.82. The van der Waals surface area contributed by atoms with E-state index in [2.05, 4.69) is 63.8 Å². The molecule has 3 atom stereocenters. The van der Waals surface area contributed by atoms with Crippen LogP contribution in [-0.4, -0.2) is 54.4 Å². The number of nitriles is 1. The molecule has 1 aliphatic rings. The van der Waals surface area contributed by atoms with E-state index in [-0.39, 0.29) is 35.8 Å². The lowest BCUT2D eigenvalue weighted by Crippen LogP contribution is -2.58. The minimum Gasteiger partial charge on any atom is -0.364 e. The van der Waals surface area contributed by atoms with Crippen molar-refractivity contribution in [1.82, 2.24) is 29.2 Å². The highest BCUT2D eigenvalue weighted by Gasteiger charge is 2.36. The van der Waals surface area contributed by atoms with Gasteiger partial charge in [-0.05, 0) is 37.5 Å². The number of nitrogens with zero attached hydrogens (tertiary/aromatic N) is 7. The summed E-state index contributed by atoms with van der Waals surface area (Å²) in [5.41, 5.74) is 4.70. The lowest BCUT2D eigenvalue weighted by Gasteiger charge is -2.49. The smallest absolute Gasteiger partial charge is 0.266 e. The summed E-state index contributed by atoms with van der Waals surface area (Å²) in [6, 6.07) is 10.5. The van der Waals surface area contributed by atoms with Crippen LogP contribution in [0.1, 0.15) is 45.2 Å². The van der Waals surface area contributed by atoms with E-state index in [9.17, 15) is 9.59 Å². The number of aromatic amines is 1.